The minimum Gasteiger partial charge on any atom is -0.385 e. The van der Waals surface area contributed by atoms with Crippen LogP contribution in [-0.4, -0.2) is 51.3 Å². The second kappa shape index (κ2) is 10.1. The zero-order chi connectivity index (χ0) is 15.5. The summed E-state index contributed by atoms with van der Waals surface area (Å²) in [6, 6.07) is 8.06. The summed E-state index contributed by atoms with van der Waals surface area (Å²) in [5.41, 5.74) is 2.22. The maximum Gasteiger partial charge on any atom is 0.246 e. The Morgan fingerprint density at radius 3 is 2.62 bits per heavy atom. The van der Waals surface area contributed by atoms with E-state index < -0.39 is 0 Å². The van der Waals surface area contributed by atoms with Gasteiger partial charge in [0, 0.05) is 40.0 Å². The Morgan fingerprint density at radius 1 is 1.19 bits per heavy atom. The topological polar surface area (TPSA) is 38.8 Å². The quantitative estimate of drug-likeness (QED) is 0.518. The lowest BCUT2D eigenvalue weighted by Crippen LogP contribution is -2.34. The van der Waals surface area contributed by atoms with Crippen molar-refractivity contribution >= 4 is 12.0 Å². The molecular formula is C17H25NO3. The van der Waals surface area contributed by atoms with Crippen molar-refractivity contribution in [2.24, 2.45) is 0 Å². The van der Waals surface area contributed by atoms with E-state index in [4.69, 9.17) is 9.47 Å². The van der Waals surface area contributed by atoms with E-state index in [1.54, 1.807) is 25.2 Å². The summed E-state index contributed by atoms with van der Waals surface area (Å²) < 4.78 is 10.1. The van der Waals surface area contributed by atoms with Crippen LogP contribution in [0, 0.1) is 6.92 Å². The number of benzene rings is 1. The first-order valence-electron chi connectivity index (χ1n) is 7.19. The molecule has 0 unspecified atom stereocenters. The largest absolute Gasteiger partial charge is 0.385 e. The molecule has 4 heteroatoms. The van der Waals surface area contributed by atoms with Crippen LogP contribution < -0.4 is 0 Å². The number of nitrogens with zero attached hydrogens (tertiary/aromatic N) is 1. The first kappa shape index (κ1) is 17.4. The summed E-state index contributed by atoms with van der Waals surface area (Å²) in [5, 5.41) is 0. The van der Waals surface area contributed by atoms with Crippen LogP contribution in [-0.2, 0) is 14.3 Å². The van der Waals surface area contributed by atoms with Crippen LogP contribution in [0.3, 0.4) is 0 Å². The number of amides is 1. The Labute approximate surface area is 127 Å². The molecule has 0 fully saturated rings. The molecule has 1 aromatic rings. The fraction of sp³-hybridized carbons (Fsp3) is 0.471. The first-order chi connectivity index (χ1) is 10.2. The van der Waals surface area contributed by atoms with Crippen molar-refractivity contribution in [3.8, 4) is 0 Å². The highest BCUT2D eigenvalue weighted by Crippen LogP contribution is 2.06. The highest BCUT2D eigenvalue weighted by Gasteiger charge is 2.09. The molecule has 0 aliphatic heterocycles. The van der Waals surface area contributed by atoms with E-state index in [-0.39, 0.29) is 5.91 Å². The van der Waals surface area contributed by atoms with E-state index >= 15 is 0 Å². The lowest BCUT2D eigenvalue weighted by atomic mass is 10.1. The van der Waals surface area contributed by atoms with Gasteiger partial charge in [-0.25, -0.2) is 0 Å². The molecule has 0 heterocycles. The molecule has 0 aliphatic rings. The highest BCUT2D eigenvalue weighted by molar-refractivity contribution is 5.91. The molecule has 116 valence electrons. The zero-order valence-electron chi connectivity index (χ0n) is 13.2. The van der Waals surface area contributed by atoms with Crippen molar-refractivity contribution in [2.45, 2.75) is 13.3 Å². The van der Waals surface area contributed by atoms with Gasteiger partial charge in [-0.05, 0) is 25.0 Å². The fourth-order valence-electron chi connectivity index (χ4n) is 1.98. The van der Waals surface area contributed by atoms with Crippen LogP contribution in [0.1, 0.15) is 17.5 Å². The van der Waals surface area contributed by atoms with Gasteiger partial charge in [-0.1, -0.05) is 29.8 Å². The zero-order valence-corrected chi connectivity index (χ0v) is 13.2. The number of hydrogen-bond donors (Lipinski definition) is 0. The second-order valence-electron chi connectivity index (χ2n) is 4.91. The third-order valence-corrected chi connectivity index (χ3v) is 3.11. The monoisotopic (exact) mass is 291 g/mol. The van der Waals surface area contributed by atoms with E-state index in [9.17, 15) is 4.79 Å². The van der Waals surface area contributed by atoms with Crippen molar-refractivity contribution in [1.29, 1.82) is 0 Å². The normalized spacial score (nSPS) is 11.0. The molecule has 0 saturated heterocycles. The maximum atomic E-state index is 12.2. The summed E-state index contributed by atoms with van der Waals surface area (Å²) in [7, 11) is 3.30. The molecule has 0 bridgehead atoms. The predicted octanol–water partition coefficient (Wildman–Crippen LogP) is 2.52. The summed E-state index contributed by atoms with van der Waals surface area (Å²) in [6.07, 6.45) is 4.30. The minimum atomic E-state index is 0.00431. The molecule has 0 aromatic heterocycles. The van der Waals surface area contributed by atoms with Crippen molar-refractivity contribution in [3.63, 3.8) is 0 Å². The number of ether oxygens (including phenoxy) is 2. The van der Waals surface area contributed by atoms with Gasteiger partial charge >= 0.3 is 0 Å². The van der Waals surface area contributed by atoms with E-state index in [2.05, 4.69) is 0 Å². The molecule has 0 N–H and O–H groups in total. The smallest absolute Gasteiger partial charge is 0.246 e. The minimum absolute atomic E-state index is 0.00431. The van der Waals surface area contributed by atoms with Gasteiger partial charge in [0.15, 0.2) is 0 Å². The molecule has 4 nitrogen and oxygen atoms in total. The molecule has 1 rings (SSSR count). The van der Waals surface area contributed by atoms with Crippen LogP contribution in [0.15, 0.2) is 30.3 Å². The Kier molecular flexibility index (Phi) is 8.40. The number of hydrogen-bond acceptors (Lipinski definition) is 3. The maximum absolute atomic E-state index is 12.2. The number of carbonyl (C=O) groups excluding carboxylic acids is 1. The highest BCUT2D eigenvalue weighted by atomic mass is 16.5. The van der Waals surface area contributed by atoms with Crippen LogP contribution in [0.5, 0.6) is 0 Å². The number of rotatable bonds is 9. The van der Waals surface area contributed by atoms with Crippen LogP contribution in [0.2, 0.25) is 0 Å². The summed E-state index contributed by atoms with van der Waals surface area (Å²) >= 11 is 0. The van der Waals surface area contributed by atoms with Gasteiger partial charge in [0.2, 0.25) is 5.91 Å². The van der Waals surface area contributed by atoms with Gasteiger partial charge in [-0.3, -0.25) is 4.79 Å². The summed E-state index contributed by atoms with van der Waals surface area (Å²) in [4.78, 5) is 14.0. The third-order valence-electron chi connectivity index (χ3n) is 3.11. The van der Waals surface area contributed by atoms with Crippen LogP contribution in [0.25, 0.3) is 6.08 Å². The Hall–Kier alpha value is -1.65. The standard InChI is InChI=1S/C17H25NO3/c1-15-6-4-7-16(14-15)8-9-17(19)18(11-13-21-3)10-5-12-20-2/h4,6-9,14H,5,10-13H2,1-3H3/b9-8+. The van der Waals surface area contributed by atoms with Gasteiger partial charge in [-0.2, -0.15) is 0 Å². The number of carbonyl (C=O) groups is 1. The Morgan fingerprint density at radius 2 is 1.95 bits per heavy atom. The molecule has 0 radical (unpaired) electrons. The Balaban J connectivity index is 2.61. The Bertz CT molecular complexity index is 457. The molecular weight excluding hydrogens is 266 g/mol. The van der Waals surface area contributed by atoms with E-state index in [1.807, 2.05) is 37.3 Å². The van der Waals surface area contributed by atoms with Crippen molar-refractivity contribution in [3.05, 3.63) is 41.5 Å². The van der Waals surface area contributed by atoms with Crippen molar-refractivity contribution in [2.75, 3.05) is 40.5 Å². The second-order valence-corrected chi connectivity index (χ2v) is 4.91. The molecule has 0 saturated carbocycles. The average Bonchev–Trinajstić information content (AvgIpc) is 2.48. The van der Waals surface area contributed by atoms with Gasteiger partial charge in [-0.15, -0.1) is 0 Å². The molecule has 0 spiro atoms. The van der Waals surface area contributed by atoms with Gasteiger partial charge in [0.25, 0.3) is 0 Å². The molecule has 1 amide bonds. The van der Waals surface area contributed by atoms with Gasteiger partial charge in [0.05, 0.1) is 6.61 Å². The first-order valence-corrected chi connectivity index (χ1v) is 7.19. The van der Waals surface area contributed by atoms with E-state index in [0.717, 1.165) is 12.0 Å². The lowest BCUT2D eigenvalue weighted by Gasteiger charge is -2.20. The molecule has 21 heavy (non-hydrogen) atoms. The van der Waals surface area contributed by atoms with Crippen molar-refractivity contribution in [1.82, 2.24) is 4.90 Å². The molecule has 1 aromatic carbocycles. The molecule has 0 aliphatic carbocycles. The SMILES string of the molecule is COCCCN(CCOC)C(=O)/C=C/c1cccc(C)c1. The third kappa shape index (κ3) is 7.06. The number of aryl methyl sites for hydroxylation is 1. The van der Waals surface area contributed by atoms with Crippen molar-refractivity contribution < 1.29 is 14.3 Å². The van der Waals surface area contributed by atoms with Gasteiger partial charge < -0.3 is 14.4 Å². The summed E-state index contributed by atoms with van der Waals surface area (Å²) in [5.74, 6) is 0.00431. The van der Waals surface area contributed by atoms with E-state index in [0.29, 0.717) is 26.3 Å². The van der Waals surface area contributed by atoms with Crippen LogP contribution >= 0.6 is 0 Å². The van der Waals surface area contributed by atoms with E-state index in [1.165, 1.54) is 5.56 Å². The van der Waals surface area contributed by atoms with Crippen LogP contribution in [0.4, 0.5) is 0 Å². The lowest BCUT2D eigenvalue weighted by molar-refractivity contribution is -0.126. The summed E-state index contributed by atoms with van der Waals surface area (Å²) in [6.45, 7) is 4.50. The van der Waals surface area contributed by atoms with Gasteiger partial charge in [0.1, 0.15) is 0 Å². The molecule has 0 atom stereocenters. The predicted molar refractivity (Wildman–Crippen MR) is 85.2 cm³/mol. The number of methoxy groups -OCH3 is 2. The fourth-order valence-corrected chi connectivity index (χ4v) is 1.98. The average molecular weight is 291 g/mol.